The van der Waals surface area contributed by atoms with Crippen molar-refractivity contribution < 1.29 is 14.3 Å². The van der Waals surface area contributed by atoms with Gasteiger partial charge in [-0.15, -0.1) is 0 Å². The van der Waals surface area contributed by atoms with E-state index in [1.807, 2.05) is 43.0 Å². The lowest BCUT2D eigenvalue weighted by Gasteiger charge is -2.33. The Hall–Kier alpha value is -2.83. The summed E-state index contributed by atoms with van der Waals surface area (Å²) in [6.07, 6.45) is 3.12. The zero-order valence-corrected chi connectivity index (χ0v) is 15.1. The van der Waals surface area contributed by atoms with Gasteiger partial charge >= 0.3 is 5.97 Å². The Morgan fingerprint density at radius 1 is 1.31 bits per heavy atom. The molecule has 7 heteroatoms. The van der Waals surface area contributed by atoms with Crippen molar-refractivity contribution in [2.75, 3.05) is 30.3 Å². The number of nitrogens with two attached hydrogens (primary N) is 1. The molecule has 1 atom stereocenters. The van der Waals surface area contributed by atoms with Crippen LogP contribution < -0.4 is 15.4 Å². The maximum Gasteiger partial charge on any atom is 0.310 e. The smallest absolute Gasteiger partial charge is 0.310 e. The van der Waals surface area contributed by atoms with Crippen LogP contribution in [0.3, 0.4) is 0 Å². The molecule has 3 rings (SSSR count). The first kappa shape index (κ1) is 18.0. The van der Waals surface area contributed by atoms with Gasteiger partial charge in [0.05, 0.1) is 12.5 Å². The Labute approximate surface area is 153 Å². The predicted octanol–water partition coefficient (Wildman–Crippen LogP) is 2.94. The van der Waals surface area contributed by atoms with E-state index in [4.69, 9.17) is 15.2 Å². The van der Waals surface area contributed by atoms with Gasteiger partial charge in [-0.1, -0.05) is 17.7 Å². The molecule has 0 spiro atoms. The summed E-state index contributed by atoms with van der Waals surface area (Å²) in [6, 6.07) is 7.66. The molecule has 0 saturated carbocycles. The van der Waals surface area contributed by atoms with Crippen molar-refractivity contribution in [2.24, 2.45) is 5.92 Å². The molecule has 2 aromatic rings. The van der Waals surface area contributed by atoms with E-state index >= 15 is 0 Å². The van der Waals surface area contributed by atoms with Gasteiger partial charge in [-0.2, -0.15) is 4.98 Å². The molecule has 2 heterocycles. The predicted molar refractivity (Wildman–Crippen MR) is 99.3 cm³/mol. The maximum atomic E-state index is 12.1. The van der Waals surface area contributed by atoms with Crippen molar-refractivity contribution in [3.8, 4) is 11.6 Å². The molecule has 138 valence electrons. The Bertz CT molecular complexity index is 764. The zero-order valence-electron chi connectivity index (χ0n) is 15.1. The molecule has 26 heavy (non-hydrogen) atoms. The van der Waals surface area contributed by atoms with Crippen LogP contribution in [-0.2, 0) is 9.53 Å². The van der Waals surface area contributed by atoms with Gasteiger partial charge in [0.1, 0.15) is 17.8 Å². The van der Waals surface area contributed by atoms with E-state index in [2.05, 4.69) is 9.97 Å². The highest BCUT2D eigenvalue weighted by Crippen LogP contribution is 2.33. The van der Waals surface area contributed by atoms with Crippen molar-refractivity contribution in [1.29, 1.82) is 0 Å². The van der Waals surface area contributed by atoms with E-state index < -0.39 is 0 Å². The Morgan fingerprint density at radius 2 is 2.08 bits per heavy atom. The first-order chi connectivity index (χ1) is 12.6. The lowest BCUT2D eigenvalue weighted by Crippen LogP contribution is -2.40. The molecule has 1 aliphatic rings. The molecule has 0 bridgehead atoms. The third kappa shape index (κ3) is 4.04. The molecule has 7 nitrogen and oxygen atoms in total. The van der Waals surface area contributed by atoms with Crippen molar-refractivity contribution in [3.05, 3.63) is 36.2 Å². The standard InChI is InChI=1S/C19H24N4O3/c1-3-25-19(24)14-5-4-10-23(11-14)17-16(20)18(22-12-21-17)26-15-8-6-13(2)7-9-15/h6-9,12,14H,3-5,10-11,20H2,1-2H3. The number of aryl methyl sites for hydroxylation is 1. The summed E-state index contributed by atoms with van der Waals surface area (Å²) < 4.78 is 11.0. The van der Waals surface area contributed by atoms with E-state index in [1.54, 1.807) is 0 Å². The van der Waals surface area contributed by atoms with Crippen LogP contribution >= 0.6 is 0 Å². The first-order valence-corrected chi connectivity index (χ1v) is 8.85. The average molecular weight is 356 g/mol. The van der Waals surface area contributed by atoms with Crippen LogP contribution in [0.5, 0.6) is 11.6 Å². The van der Waals surface area contributed by atoms with E-state index in [0.29, 0.717) is 36.3 Å². The highest BCUT2D eigenvalue weighted by Gasteiger charge is 2.29. The number of nitrogens with zero attached hydrogens (tertiary/aromatic N) is 3. The largest absolute Gasteiger partial charge is 0.466 e. The molecule has 1 unspecified atom stereocenters. The molecule has 1 aliphatic heterocycles. The highest BCUT2D eigenvalue weighted by atomic mass is 16.5. The number of nitrogen functional groups attached to an aromatic ring is 1. The molecule has 0 aliphatic carbocycles. The van der Waals surface area contributed by atoms with Gasteiger partial charge in [0, 0.05) is 13.1 Å². The number of piperidine rings is 1. The minimum absolute atomic E-state index is 0.166. The van der Waals surface area contributed by atoms with Crippen molar-refractivity contribution in [3.63, 3.8) is 0 Å². The van der Waals surface area contributed by atoms with Crippen LogP contribution in [0.25, 0.3) is 0 Å². The van der Waals surface area contributed by atoms with Gasteiger partial charge in [-0.25, -0.2) is 4.98 Å². The second-order valence-corrected chi connectivity index (χ2v) is 6.37. The van der Waals surface area contributed by atoms with Gasteiger partial charge in [-0.3, -0.25) is 4.79 Å². The fourth-order valence-corrected chi connectivity index (χ4v) is 3.04. The number of aromatic nitrogens is 2. The monoisotopic (exact) mass is 356 g/mol. The van der Waals surface area contributed by atoms with Crippen LogP contribution in [-0.4, -0.2) is 35.6 Å². The Balaban J connectivity index is 1.78. The van der Waals surface area contributed by atoms with Crippen LogP contribution in [0, 0.1) is 12.8 Å². The fraction of sp³-hybridized carbons (Fsp3) is 0.421. The Kier molecular flexibility index (Phi) is 5.55. The number of carbonyl (C=O) groups excluding carboxylic acids is 1. The van der Waals surface area contributed by atoms with Crippen LogP contribution in [0.2, 0.25) is 0 Å². The van der Waals surface area contributed by atoms with E-state index in [1.165, 1.54) is 6.33 Å². The molecule has 1 aromatic carbocycles. The van der Waals surface area contributed by atoms with Crippen molar-refractivity contribution in [2.45, 2.75) is 26.7 Å². The summed E-state index contributed by atoms with van der Waals surface area (Å²) in [7, 11) is 0. The van der Waals surface area contributed by atoms with E-state index in [9.17, 15) is 4.79 Å². The summed E-state index contributed by atoms with van der Waals surface area (Å²) in [5, 5.41) is 0. The summed E-state index contributed by atoms with van der Waals surface area (Å²) in [6.45, 7) is 5.53. The lowest BCUT2D eigenvalue weighted by atomic mass is 9.98. The number of carbonyl (C=O) groups is 1. The second-order valence-electron chi connectivity index (χ2n) is 6.37. The van der Waals surface area contributed by atoms with Crippen LogP contribution in [0.1, 0.15) is 25.3 Å². The molecule has 1 saturated heterocycles. The number of esters is 1. The Morgan fingerprint density at radius 3 is 2.81 bits per heavy atom. The third-order valence-electron chi connectivity index (χ3n) is 4.40. The topological polar surface area (TPSA) is 90.6 Å². The summed E-state index contributed by atoms with van der Waals surface area (Å²) >= 11 is 0. The number of anilines is 2. The maximum absolute atomic E-state index is 12.1. The summed E-state index contributed by atoms with van der Waals surface area (Å²) in [5.41, 5.74) is 7.78. The molecule has 0 amide bonds. The number of hydrogen-bond donors (Lipinski definition) is 1. The number of rotatable bonds is 5. The highest BCUT2D eigenvalue weighted by molar-refractivity contribution is 5.75. The summed E-state index contributed by atoms with van der Waals surface area (Å²) in [4.78, 5) is 22.5. The number of benzene rings is 1. The third-order valence-corrected chi connectivity index (χ3v) is 4.40. The SMILES string of the molecule is CCOC(=O)C1CCCN(c2ncnc(Oc3ccc(C)cc3)c2N)C1. The number of hydrogen-bond acceptors (Lipinski definition) is 7. The van der Waals surface area contributed by atoms with Crippen LogP contribution in [0.15, 0.2) is 30.6 Å². The first-order valence-electron chi connectivity index (χ1n) is 8.85. The molecular weight excluding hydrogens is 332 g/mol. The van der Waals surface area contributed by atoms with Crippen LogP contribution in [0.4, 0.5) is 11.5 Å². The minimum atomic E-state index is -0.167. The molecule has 1 aromatic heterocycles. The molecule has 0 radical (unpaired) electrons. The zero-order chi connectivity index (χ0) is 18.5. The van der Waals surface area contributed by atoms with Crippen molar-refractivity contribution >= 4 is 17.5 Å². The minimum Gasteiger partial charge on any atom is -0.466 e. The normalized spacial score (nSPS) is 17.0. The van der Waals surface area contributed by atoms with Gasteiger partial charge in [0.2, 0.25) is 5.88 Å². The van der Waals surface area contributed by atoms with Gasteiger partial charge < -0.3 is 20.1 Å². The van der Waals surface area contributed by atoms with E-state index in [-0.39, 0.29) is 11.9 Å². The van der Waals surface area contributed by atoms with Gasteiger partial charge in [0.15, 0.2) is 5.82 Å². The average Bonchev–Trinajstić information content (AvgIpc) is 2.65. The van der Waals surface area contributed by atoms with Crippen molar-refractivity contribution in [1.82, 2.24) is 9.97 Å². The van der Waals surface area contributed by atoms with Gasteiger partial charge in [0.25, 0.3) is 0 Å². The molecule has 2 N–H and O–H groups in total. The second kappa shape index (κ2) is 8.03. The fourth-order valence-electron chi connectivity index (χ4n) is 3.04. The number of ether oxygens (including phenoxy) is 2. The lowest BCUT2D eigenvalue weighted by molar-refractivity contribution is -0.148. The van der Waals surface area contributed by atoms with E-state index in [0.717, 1.165) is 24.9 Å². The summed E-state index contributed by atoms with van der Waals surface area (Å²) in [5.74, 6) is 1.24. The molecular formula is C19H24N4O3. The quantitative estimate of drug-likeness (QED) is 0.824. The molecule has 1 fully saturated rings. The van der Waals surface area contributed by atoms with Gasteiger partial charge in [-0.05, 0) is 38.8 Å².